The van der Waals surface area contributed by atoms with Crippen LogP contribution in [0.15, 0.2) is 24.3 Å². The van der Waals surface area contributed by atoms with Crippen molar-refractivity contribution < 1.29 is 9.53 Å². The first-order chi connectivity index (χ1) is 12.1. The van der Waals surface area contributed by atoms with Crippen molar-refractivity contribution in [1.29, 1.82) is 0 Å². The molecule has 1 saturated carbocycles. The lowest BCUT2D eigenvalue weighted by atomic mass is 9.72. The first-order valence-corrected chi connectivity index (χ1v) is 9.92. The first-order valence-electron chi connectivity index (χ1n) is 9.54. The molecular formula is C20H27ClN2O2. The molecule has 2 aliphatic heterocycles. The lowest BCUT2D eigenvalue weighted by Gasteiger charge is -2.47. The molecule has 3 aliphatic rings. The summed E-state index contributed by atoms with van der Waals surface area (Å²) in [6.07, 6.45) is 6.71. The number of nitrogens with zero attached hydrogens (tertiary/aromatic N) is 2. The van der Waals surface area contributed by atoms with Crippen LogP contribution in [-0.2, 0) is 4.79 Å². The maximum Gasteiger partial charge on any atom is 0.222 e. The third kappa shape index (κ3) is 4.12. The quantitative estimate of drug-likeness (QED) is 0.802. The number of hydrogen-bond donors (Lipinski definition) is 0. The second-order valence-electron chi connectivity index (χ2n) is 7.90. The summed E-state index contributed by atoms with van der Waals surface area (Å²) in [4.78, 5) is 16.9. The standard InChI is InChI=1S/C20H27ClN2O2/c21-16-1-5-18(6-2-16)25-14-13-22-11-9-20(10-12-22)8-7-19(24)23(15-20)17-3-4-17/h1-2,5-6,17H,3-4,7-15H2. The molecule has 25 heavy (non-hydrogen) atoms. The van der Waals surface area contributed by atoms with Crippen molar-refractivity contribution >= 4 is 17.5 Å². The molecule has 1 aromatic carbocycles. The zero-order valence-corrected chi connectivity index (χ0v) is 15.5. The van der Waals surface area contributed by atoms with E-state index in [4.69, 9.17) is 16.3 Å². The Morgan fingerprint density at radius 3 is 2.52 bits per heavy atom. The molecule has 3 fully saturated rings. The Bertz CT molecular complexity index is 607. The largest absolute Gasteiger partial charge is 0.492 e. The van der Waals surface area contributed by atoms with E-state index in [0.717, 1.165) is 49.8 Å². The monoisotopic (exact) mass is 362 g/mol. The number of benzene rings is 1. The number of carbonyl (C=O) groups is 1. The number of carbonyl (C=O) groups excluding carboxylic acids is 1. The van der Waals surface area contributed by atoms with Crippen LogP contribution in [0.3, 0.4) is 0 Å². The molecule has 0 aromatic heterocycles. The maximum absolute atomic E-state index is 12.2. The van der Waals surface area contributed by atoms with E-state index >= 15 is 0 Å². The highest BCUT2D eigenvalue weighted by atomic mass is 35.5. The van der Waals surface area contributed by atoms with Crippen LogP contribution in [0.1, 0.15) is 38.5 Å². The Morgan fingerprint density at radius 2 is 1.84 bits per heavy atom. The lowest BCUT2D eigenvalue weighted by molar-refractivity contribution is -0.139. The minimum absolute atomic E-state index is 0.379. The predicted molar refractivity (Wildman–Crippen MR) is 99.0 cm³/mol. The third-order valence-corrected chi connectivity index (χ3v) is 6.34. The van der Waals surface area contributed by atoms with E-state index in [2.05, 4.69) is 9.80 Å². The molecule has 4 rings (SSSR count). The predicted octanol–water partition coefficient (Wildman–Crippen LogP) is 3.59. The summed E-state index contributed by atoms with van der Waals surface area (Å²) in [6, 6.07) is 8.11. The SMILES string of the molecule is O=C1CCC2(CCN(CCOc3ccc(Cl)cc3)CC2)CN1C1CC1. The molecule has 0 N–H and O–H groups in total. The summed E-state index contributed by atoms with van der Waals surface area (Å²) < 4.78 is 5.82. The van der Waals surface area contributed by atoms with E-state index < -0.39 is 0 Å². The molecule has 0 radical (unpaired) electrons. The van der Waals surface area contributed by atoms with Crippen molar-refractivity contribution in [3.8, 4) is 5.75 Å². The van der Waals surface area contributed by atoms with Crippen molar-refractivity contribution in [2.24, 2.45) is 5.41 Å². The van der Waals surface area contributed by atoms with Gasteiger partial charge in [0.15, 0.2) is 0 Å². The summed E-state index contributed by atoms with van der Waals surface area (Å²) in [5.41, 5.74) is 0.379. The summed E-state index contributed by atoms with van der Waals surface area (Å²) in [6.45, 7) is 4.92. The normalized spacial score (nSPS) is 23.9. The van der Waals surface area contributed by atoms with Crippen LogP contribution in [0.2, 0.25) is 5.02 Å². The first kappa shape index (κ1) is 17.2. The van der Waals surface area contributed by atoms with Crippen molar-refractivity contribution in [1.82, 2.24) is 9.80 Å². The Balaban J connectivity index is 1.23. The number of ether oxygens (including phenoxy) is 1. The maximum atomic E-state index is 12.2. The molecule has 0 unspecified atom stereocenters. The molecule has 1 amide bonds. The number of amides is 1. The van der Waals surface area contributed by atoms with Gasteiger partial charge in [0.05, 0.1) is 0 Å². The average Bonchev–Trinajstić information content (AvgIpc) is 3.46. The number of hydrogen-bond acceptors (Lipinski definition) is 3. The fourth-order valence-electron chi connectivity index (χ4n) is 4.25. The lowest BCUT2D eigenvalue weighted by Crippen LogP contribution is -2.52. The summed E-state index contributed by atoms with van der Waals surface area (Å²) in [5, 5.41) is 0.736. The Morgan fingerprint density at radius 1 is 1.12 bits per heavy atom. The van der Waals surface area contributed by atoms with Crippen molar-refractivity contribution in [3.63, 3.8) is 0 Å². The smallest absolute Gasteiger partial charge is 0.222 e. The van der Waals surface area contributed by atoms with E-state index in [1.165, 1.54) is 25.7 Å². The fraction of sp³-hybridized carbons (Fsp3) is 0.650. The van der Waals surface area contributed by atoms with E-state index in [1.807, 2.05) is 24.3 Å². The summed E-state index contributed by atoms with van der Waals surface area (Å²) in [7, 11) is 0. The molecule has 1 aliphatic carbocycles. The van der Waals surface area contributed by atoms with Gasteiger partial charge in [0.25, 0.3) is 0 Å². The zero-order chi connectivity index (χ0) is 17.3. The van der Waals surface area contributed by atoms with Crippen LogP contribution in [0.4, 0.5) is 0 Å². The zero-order valence-electron chi connectivity index (χ0n) is 14.8. The second kappa shape index (κ2) is 7.16. The number of rotatable bonds is 5. The molecule has 1 spiro atoms. The van der Waals surface area contributed by atoms with Gasteiger partial charge in [-0.25, -0.2) is 0 Å². The Labute approximate surface area is 155 Å². The second-order valence-corrected chi connectivity index (χ2v) is 8.33. The minimum Gasteiger partial charge on any atom is -0.492 e. The van der Waals surface area contributed by atoms with E-state index in [1.54, 1.807) is 0 Å². The number of halogens is 1. The van der Waals surface area contributed by atoms with Crippen LogP contribution in [0.5, 0.6) is 5.75 Å². The van der Waals surface area contributed by atoms with Crippen LogP contribution >= 0.6 is 11.6 Å². The summed E-state index contributed by atoms with van der Waals surface area (Å²) >= 11 is 5.89. The molecular weight excluding hydrogens is 336 g/mol. The van der Waals surface area contributed by atoms with E-state index in [0.29, 0.717) is 24.0 Å². The Hall–Kier alpha value is -1.26. The van der Waals surface area contributed by atoms with Gasteiger partial charge in [-0.2, -0.15) is 0 Å². The molecule has 4 nitrogen and oxygen atoms in total. The topological polar surface area (TPSA) is 32.8 Å². The summed E-state index contributed by atoms with van der Waals surface area (Å²) in [5.74, 6) is 1.27. The highest BCUT2D eigenvalue weighted by molar-refractivity contribution is 6.30. The molecule has 2 heterocycles. The highest BCUT2D eigenvalue weighted by Gasteiger charge is 2.44. The van der Waals surface area contributed by atoms with Gasteiger partial charge >= 0.3 is 0 Å². The van der Waals surface area contributed by atoms with E-state index in [9.17, 15) is 4.79 Å². The number of piperidine rings is 2. The van der Waals surface area contributed by atoms with Gasteiger partial charge in [-0.15, -0.1) is 0 Å². The van der Waals surface area contributed by atoms with E-state index in [-0.39, 0.29) is 0 Å². The molecule has 1 aromatic rings. The molecule has 2 saturated heterocycles. The van der Waals surface area contributed by atoms with Gasteiger partial charge in [0.1, 0.15) is 12.4 Å². The molecule has 5 heteroatoms. The van der Waals surface area contributed by atoms with Gasteiger partial charge in [0, 0.05) is 30.6 Å². The molecule has 0 atom stereocenters. The van der Waals surface area contributed by atoms with Crippen molar-refractivity contribution in [2.75, 3.05) is 32.8 Å². The average molecular weight is 363 g/mol. The number of likely N-dealkylation sites (tertiary alicyclic amines) is 2. The third-order valence-electron chi connectivity index (χ3n) is 6.09. The van der Waals surface area contributed by atoms with Crippen LogP contribution in [-0.4, -0.2) is 54.5 Å². The van der Waals surface area contributed by atoms with Gasteiger partial charge < -0.3 is 9.64 Å². The Kier molecular flexibility index (Phi) is 4.92. The highest BCUT2D eigenvalue weighted by Crippen LogP contribution is 2.43. The van der Waals surface area contributed by atoms with Gasteiger partial charge in [-0.3, -0.25) is 9.69 Å². The van der Waals surface area contributed by atoms with Gasteiger partial charge in [-0.05, 0) is 74.9 Å². The van der Waals surface area contributed by atoms with Crippen LogP contribution in [0, 0.1) is 5.41 Å². The molecule has 0 bridgehead atoms. The van der Waals surface area contributed by atoms with Gasteiger partial charge in [0.2, 0.25) is 5.91 Å². The van der Waals surface area contributed by atoms with Crippen LogP contribution in [0.25, 0.3) is 0 Å². The van der Waals surface area contributed by atoms with Crippen molar-refractivity contribution in [3.05, 3.63) is 29.3 Å². The fourth-order valence-corrected chi connectivity index (χ4v) is 4.37. The van der Waals surface area contributed by atoms with Gasteiger partial charge in [-0.1, -0.05) is 11.6 Å². The molecule has 136 valence electrons. The van der Waals surface area contributed by atoms with Crippen LogP contribution < -0.4 is 4.74 Å². The minimum atomic E-state index is 0.379. The van der Waals surface area contributed by atoms with Crippen molar-refractivity contribution in [2.45, 2.75) is 44.6 Å².